The summed E-state index contributed by atoms with van der Waals surface area (Å²) in [6, 6.07) is 16.1. The molecule has 7 heteroatoms. The Morgan fingerprint density at radius 3 is 2.21 bits per heavy atom. The van der Waals surface area contributed by atoms with E-state index in [9.17, 15) is 14.4 Å². The van der Waals surface area contributed by atoms with E-state index >= 15 is 0 Å². The van der Waals surface area contributed by atoms with Gasteiger partial charge in [0.25, 0.3) is 0 Å². The van der Waals surface area contributed by atoms with Crippen molar-refractivity contribution < 1.29 is 24.2 Å². The fourth-order valence-corrected chi connectivity index (χ4v) is 4.88. The van der Waals surface area contributed by atoms with Crippen LogP contribution in [0.15, 0.2) is 48.5 Å². The lowest BCUT2D eigenvalue weighted by molar-refractivity contribution is -0.137. The van der Waals surface area contributed by atoms with E-state index in [2.05, 4.69) is 34.9 Å². The minimum Gasteiger partial charge on any atom is -0.481 e. The number of alkyl carbamates (subject to hydrolysis) is 1. The summed E-state index contributed by atoms with van der Waals surface area (Å²) in [4.78, 5) is 35.4. The molecule has 33 heavy (non-hydrogen) atoms. The second kappa shape index (κ2) is 10.1. The van der Waals surface area contributed by atoms with Crippen molar-refractivity contribution >= 4 is 18.0 Å². The van der Waals surface area contributed by atoms with Gasteiger partial charge in [0.05, 0.1) is 6.42 Å². The highest BCUT2D eigenvalue weighted by Crippen LogP contribution is 2.44. The van der Waals surface area contributed by atoms with Crippen LogP contribution >= 0.6 is 0 Å². The van der Waals surface area contributed by atoms with Gasteiger partial charge in [-0.1, -0.05) is 55.5 Å². The number of carboxylic acids is 1. The van der Waals surface area contributed by atoms with E-state index in [1.54, 1.807) is 0 Å². The molecule has 0 bridgehead atoms. The highest BCUT2D eigenvalue weighted by Gasteiger charge is 2.33. The van der Waals surface area contributed by atoms with Crippen LogP contribution in [0.5, 0.6) is 0 Å². The minimum atomic E-state index is -0.918. The number of benzene rings is 2. The number of aliphatic carboxylic acids is 1. The number of carbonyl (C=O) groups excluding carboxylic acids is 2. The molecule has 0 heterocycles. The number of carbonyl (C=O) groups is 3. The second-order valence-corrected chi connectivity index (χ2v) is 8.98. The van der Waals surface area contributed by atoms with Gasteiger partial charge in [-0.25, -0.2) is 4.79 Å². The summed E-state index contributed by atoms with van der Waals surface area (Å²) in [6.07, 6.45) is 1.85. The lowest BCUT2D eigenvalue weighted by Gasteiger charge is -2.35. The molecular formula is C26H30N2O5. The third kappa shape index (κ3) is 5.35. The molecule has 0 saturated heterocycles. The van der Waals surface area contributed by atoms with Crippen molar-refractivity contribution in [2.24, 2.45) is 5.92 Å². The summed E-state index contributed by atoms with van der Waals surface area (Å²) < 4.78 is 5.58. The molecule has 1 fully saturated rings. The fraction of sp³-hybridized carbons (Fsp3) is 0.423. The Labute approximate surface area is 193 Å². The van der Waals surface area contributed by atoms with Gasteiger partial charge in [-0.15, -0.1) is 0 Å². The standard InChI is InChI=1S/C26H30N2O5/c1-2-17(14-25(30)31)27-24(29)13-16-11-18(12-16)28-26(32)33-15-23-21-9-5-3-7-19(21)20-8-4-6-10-22(20)23/h3-10,16-18,23H,2,11-15H2,1H3,(H,27,29)(H,28,32)(H,30,31)/t16?,17-,18?/m0/s1. The first-order chi connectivity index (χ1) is 15.9. The third-order valence-corrected chi connectivity index (χ3v) is 6.65. The van der Waals surface area contributed by atoms with Crippen molar-refractivity contribution in [3.63, 3.8) is 0 Å². The van der Waals surface area contributed by atoms with E-state index in [0.717, 1.165) is 0 Å². The first-order valence-electron chi connectivity index (χ1n) is 11.6. The maximum Gasteiger partial charge on any atom is 0.407 e. The van der Waals surface area contributed by atoms with Crippen LogP contribution in [0.1, 0.15) is 56.1 Å². The van der Waals surface area contributed by atoms with E-state index in [1.807, 2.05) is 31.2 Å². The lowest BCUT2D eigenvalue weighted by atomic mass is 9.78. The van der Waals surface area contributed by atoms with Gasteiger partial charge >= 0.3 is 12.1 Å². The molecule has 0 aliphatic heterocycles. The molecule has 4 rings (SSSR count). The Morgan fingerprint density at radius 1 is 1.03 bits per heavy atom. The molecule has 0 radical (unpaired) electrons. The molecule has 2 aromatic carbocycles. The van der Waals surface area contributed by atoms with E-state index < -0.39 is 12.1 Å². The first-order valence-corrected chi connectivity index (χ1v) is 11.6. The molecule has 0 aromatic heterocycles. The van der Waals surface area contributed by atoms with Crippen LogP contribution in [0.25, 0.3) is 11.1 Å². The summed E-state index contributed by atoms with van der Waals surface area (Å²) in [6.45, 7) is 2.13. The van der Waals surface area contributed by atoms with E-state index in [4.69, 9.17) is 9.84 Å². The van der Waals surface area contributed by atoms with Gasteiger partial charge in [0, 0.05) is 24.4 Å². The molecular weight excluding hydrogens is 420 g/mol. The molecule has 3 N–H and O–H groups in total. The maximum absolute atomic E-state index is 12.4. The van der Waals surface area contributed by atoms with Gasteiger partial charge in [-0.2, -0.15) is 0 Å². The molecule has 2 aromatic rings. The predicted molar refractivity (Wildman–Crippen MR) is 124 cm³/mol. The zero-order valence-electron chi connectivity index (χ0n) is 18.8. The average molecular weight is 451 g/mol. The zero-order chi connectivity index (χ0) is 23.4. The zero-order valence-corrected chi connectivity index (χ0v) is 18.8. The fourth-order valence-electron chi connectivity index (χ4n) is 4.88. The van der Waals surface area contributed by atoms with Crippen molar-refractivity contribution in [3.8, 4) is 11.1 Å². The number of fused-ring (bicyclic) bond motifs is 3. The highest BCUT2D eigenvalue weighted by atomic mass is 16.5. The van der Waals surface area contributed by atoms with E-state index in [1.165, 1.54) is 22.3 Å². The third-order valence-electron chi connectivity index (χ3n) is 6.65. The van der Waals surface area contributed by atoms with E-state index in [0.29, 0.717) is 25.7 Å². The van der Waals surface area contributed by atoms with Crippen LogP contribution in [0.2, 0.25) is 0 Å². The van der Waals surface area contributed by atoms with Crippen LogP contribution in [0.4, 0.5) is 4.79 Å². The smallest absolute Gasteiger partial charge is 0.407 e. The van der Waals surface area contributed by atoms with Crippen LogP contribution in [0.3, 0.4) is 0 Å². The Balaban J connectivity index is 1.21. The average Bonchev–Trinajstić information content (AvgIpc) is 3.09. The molecule has 1 saturated carbocycles. The molecule has 2 aliphatic carbocycles. The summed E-state index contributed by atoms with van der Waals surface area (Å²) >= 11 is 0. The van der Waals surface area contributed by atoms with Crippen LogP contribution < -0.4 is 10.6 Å². The van der Waals surface area contributed by atoms with Gasteiger partial charge in [-0.05, 0) is 47.4 Å². The summed E-state index contributed by atoms with van der Waals surface area (Å²) in [5.74, 6) is -0.838. The number of hydrogen-bond acceptors (Lipinski definition) is 4. The normalized spacial score (nSPS) is 19.5. The highest BCUT2D eigenvalue weighted by molar-refractivity contribution is 5.79. The van der Waals surface area contributed by atoms with Crippen LogP contribution in [-0.2, 0) is 14.3 Å². The van der Waals surface area contributed by atoms with Crippen LogP contribution in [0, 0.1) is 5.92 Å². The van der Waals surface area contributed by atoms with Crippen molar-refractivity contribution in [1.82, 2.24) is 10.6 Å². The quantitative estimate of drug-likeness (QED) is 0.534. The Kier molecular flexibility index (Phi) is 6.96. The summed E-state index contributed by atoms with van der Waals surface area (Å²) in [5, 5.41) is 14.6. The monoisotopic (exact) mass is 450 g/mol. The first kappa shape index (κ1) is 22.8. The van der Waals surface area contributed by atoms with Crippen molar-refractivity contribution in [2.45, 2.75) is 57.0 Å². The van der Waals surface area contributed by atoms with Gasteiger partial charge in [0.2, 0.25) is 5.91 Å². The molecule has 174 valence electrons. The number of carboxylic acid groups (broad SMARTS) is 1. The van der Waals surface area contributed by atoms with E-state index in [-0.39, 0.29) is 42.9 Å². The molecule has 1 atom stereocenters. The maximum atomic E-state index is 12.4. The number of rotatable bonds is 9. The Hall–Kier alpha value is -3.35. The Bertz CT molecular complexity index is 985. The largest absolute Gasteiger partial charge is 0.481 e. The molecule has 0 unspecified atom stereocenters. The minimum absolute atomic E-state index is 0.000516. The summed E-state index contributed by atoms with van der Waals surface area (Å²) in [7, 11) is 0. The molecule has 7 nitrogen and oxygen atoms in total. The molecule has 0 spiro atoms. The molecule has 2 amide bonds. The number of amides is 2. The van der Waals surface area contributed by atoms with Gasteiger partial charge in [0.15, 0.2) is 0 Å². The number of nitrogens with one attached hydrogen (secondary N) is 2. The van der Waals surface area contributed by atoms with Crippen LogP contribution in [-0.4, -0.2) is 41.8 Å². The SMILES string of the molecule is CC[C@@H](CC(=O)O)NC(=O)CC1CC(NC(=O)OCC2c3ccccc3-c3ccccc32)C1. The summed E-state index contributed by atoms with van der Waals surface area (Å²) in [5.41, 5.74) is 4.73. The van der Waals surface area contributed by atoms with Crippen molar-refractivity contribution in [1.29, 1.82) is 0 Å². The lowest BCUT2D eigenvalue weighted by Crippen LogP contribution is -2.46. The van der Waals surface area contributed by atoms with Crippen molar-refractivity contribution in [3.05, 3.63) is 59.7 Å². The van der Waals surface area contributed by atoms with Gasteiger partial charge in [0.1, 0.15) is 6.61 Å². The van der Waals surface area contributed by atoms with Crippen molar-refractivity contribution in [2.75, 3.05) is 6.61 Å². The van der Waals surface area contributed by atoms with Gasteiger partial charge in [-0.3, -0.25) is 9.59 Å². The number of hydrogen-bond donors (Lipinski definition) is 3. The Morgan fingerprint density at radius 2 is 1.64 bits per heavy atom. The topological polar surface area (TPSA) is 105 Å². The van der Waals surface area contributed by atoms with Gasteiger partial charge < -0.3 is 20.5 Å². The number of ether oxygens (including phenoxy) is 1. The second-order valence-electron chi connectivity index (χ2n) is 8.98. The predicted octanol–water partition coefficient (Wildman–Crippen LogP) is 4.06. The molecule has 2 aliphatic rings.